The molecule has 0 aliphatic heterocycles. The smallest absolute Gasteiger partial charge is 0.0984 e. The second-order valence-electron chi connectivity index (χ2n) is 5.91. The lowest BCUT2D eigenvalue weighted by molar-refractivity contribution is 0.483. The first-order valence-electron chi connectivity index (χ1n) is 5.67. The van der Waals surface area contributed by atoms with Crippen molar-refractivity contribution in [1.82, 2.24) is 4.98 Å². The molecule has 0 radical (unpaired) electrons. The molecule has 15 heavy (non-hydrogen) atoms. The zero-order valence-corrected chi connectivity index (χ0v) is 11.9. The van der Waals surface area contributed by atoms with Crippen molar-refractivity contribution >= 4 is 11.3 Å². The summed E-state index contributed by atoms with van der Waals surface area (Å²) in [4.78, 5) is 6.22. The number of aryl methyl sites for hydroxylation is 1. The van der Waals surface area contributed by atoms with Crippen molar-refractivity contribution in [3.63, 3.8) is 0 Å². The van der Waals surface area contributed by atoms with E-state index in [9.17, 15) is 0 Å². The summed E-state index contributed by atoms with van der Waals surface area (Å²) in [6.45, 7) is 15.7. The Labute approximate surface area is 97.9 Å². The molecule has 0 saturated heterocycles. The summed E-state index contributed by atoms with van der Waals surface area (Å²) in [5.74, 6) is 0. The standard InChI is InChI=1S/C13H23NS/c1-8-13(6,7)10-9(2)15-11(14-10)12(3,4)5/h8H2,1-7H3. The van der Waals surface area contributed by atoms with Crippen molar-refractivity contribution in [2.75, 3.05) is 0 Å². The van der Waals surface area contributed by atoms with Crippen molar-refractivity contribution in [1.29, 1.82) is 0 Å². The van der Waals surface area contributed by atoms with Crippen LogP contribution in [0.3, 0.4) is 0 Å². The Balaban J connectivity index is 3.18. The van der Waals surface area contributed by atoms with Gasteiger partial charge in [0.15, 0.2) is 0 Å². The lowest BCUT2D eigenvalue weighted by Gasteiger charge is -2.21. The molecule has 0 spiro atoms. The first-order valence-corrected chi connectivity index (χ1v) is 6.48. The maximum atomic E-state index is 4.84. The number of aromatic nitrogens is 1. The highest BCUT2D eigenvalue weighted by Crippen LogP contribution is 2.35. The zero-order chi connectivity index (χ0) is 11.9. The van der Waals surface area contributed by atoms with Crippen molar-refractivity contribution < 1.29 is 0 Å². The van der Waals surface area contributed by atoms with Gasteiger partial charge in [-0.15, -0.1) is 11.3 Å². The third kappa shape index (κ3) is 2.60. The van der Waals surface area contributed by atoms with E-state index >= 15 is 0 Å². The minimum absolute atomic E-state index is 0.178. The Kier molecular flexibility index (Phi) is 3.30. The van der Waals surface area contributed by atoms with Crippen LogP contribution in [0.1, 0.15) is 63.5 Å². The molecular weight excluding hydrogens is 202 g/mol. The molecule has 0 unspecified atom stereocenters. The molecule has 1 nitrogen and oxygen atoms in total. The minimum atomic E-state index is 0.178. The van der Waals surface area contributed by atoms with Gasteiger partial charge in [0.25, 0.3) is 0 Å². The largest absolute Gasteiger partial charge is 0.245 e. The maximum Gasteiger partial charge on any atom is 0.0984 e. The molecule has 0 aliphatic carbocycles. The van der Waals surface area contributed by atoms with Gasteiger partial charge in [0.2, 0.25) is 0 Å². The van der Waals surface area contributed by atoms with E-state index in [2.05, 4.69) is 48.5 Å². The maximum absolute atomic E-state index is 4.84. The van der Waals surface area contributed by atoms with E-state index in [4.69, 9.17) is 4.98 Å². The number of hydrogen-bond acceptors (Lipinski definition) is 2. The highest BCUT2D eigenvalue weighted by Gasteiger charge is 2.27. The Morgan fingerprint density at radius 2 is 1.67 bits per heavy atom. The van der Waals surface area contributed by atoms with Gasteiger partial charge in [-0.2, -0.15) is 0 Å². The van der Waals surface area contributed by atoms with E-state index in [1.807, 2.05) is 11.3 Å². The van der Waals surface area contributed by atoms with Gasteiger partial charge in [-0.25, -0.2) is 4.98 Å². The summed E-state index contributed by atoms with van der Waals surface area (Å²) in [5.41, 5.74) is 1.68. The zero-order valence-electron chi connectivity index (χ0n) is 11.1. The van der Waals surface area contributed by atoms with Crippen molar-refractivity contribution in [2.45, 2.75) is 65.7 Å². The lowest BCUT2D eigenvalue weighted by Crippen LogP contribution is -2.18. The van der Waals surface area contributed by atoms with Gasteiger partial charge in [0, 0.05) is 15.7 Å². The number of thiazole rings is 1. The molecule has 2 heteroatoms. The molecule has 1 rings (SSSR count). The first-order chi connectivity index (χ1) is 6.68. The monoisotopic (exact) mass is 225 g/mol. The van der Waals surface area contributed by atoms with Gasteiger partial charge in [-0.1, -0.05) is 41.5 Å². The molecular formula is C13H23NS. The number of nitrogens with zero attached hydrogens (tertiary/aromatic N) is 1. The van der Waals surface area contributed by atoms with Crippen LogP contribution in [0.15, 0.2) is 0 Å². The Morgan fingerprint density at radius 1 is 1.13 bits per heavy atom. The average Bonchev–Trinajstić information content (AvgIpc) is 2.47. The topological polar surface area (TPSA) is 12.9 Å². The third-order valence-electron chi connectivity index (χ3n) is 2.96. The molecule has 0 atom stereocenters. The summed E-state index contributed by atoms with van der Waals surface area (Å²) >= 11 is 1.85. The lowest BCUT2D eigenvalue weighted by atomic mass is 9.86. The molecule has 0 saturated carbocycles. The SMILES string of the molecule is CCC(C)(C)c1nc(C(C)(C)C)sc1C. The summed E-state index contributed by atoms with van der Waals surface area (Å²) in [6.07, 6.45) is 1.14. The molecule has 1 aromatic heterocycles. The fourth-order valence-corrected chi connectivity index (χ4v) is 2.66. The fraction of sp³-hybridized carbons (Fsp3) is 0.769. The van der Waals surface area contributed by atoms with E-state index < -0.39 is 0 Å². The van der Waals surface area contributed by atoms with Gasteiger partial charge in [0.1, 0.15) is 0 Å². The molecule has 1 heterocycles. The van der Waals surface area contributed by atoms with Crippen LogP contribution in [0.2, 0.25) is 0 Å². The third-order valence-corrected chi connectivity index (χ3v) is 4.36. The van der Waals surface area contributed by atoms with E-state index in [1.54, 1.807) is 0 Å². The van der Waals surface area contributed by atoms with Gasteiger partial charge in [-0.3, -0.25) is 0 Å². The van der Waals surface area contributed by atoms with E-state index in [1.165, 1.54) is 15.6 Å². The van der Waals surface area contributed by atoms with Crippen LogP contribution in [0.5, 0.6) is 0 Å². The second kappa shape index (κ2) is 3.89. The Morgan fingerprint density at radius 3 is 2.00 bits per heavy atom. The number of hydrogen-bond donors (Lipinski definition) is 0. The summed E-state index contributed by atoms with van der Waals surface area (Å²) in [6, 6.07) is 0. The molecule has 0 fully saturated rings. The molecule has 0 amide bonds. The molecule has 1 aromatic rings. The quantitative estimate of drug-likeness (QED) is 0.725. The van der Waals surface area contributed by atoms with Crippen LogP contribution < -0.4 is 0 Å². The van der Waals surface area contributed by atoms with Gasteiger partial charge in [0.05, 0.1) is 10.7 Å². The molecule has 86 valence electrons. The predicted octanol–water partition coefficient (Wildman–Crippen LogP) is 4.44. The molecule has 0 N–H and O–H groups in total. The van der Waals surface area contributed by atoms with Crippen LogP contribution >= 0.6 is 11.3 Å². The fourth-order valence-electron chi connectivity index (χ4n) is 1.51. The van der Waals surface area contributed by atoms with Crippen LogP contribution in [-0.2, 0) is 10.8 Å². The normalized spacial score (nSPS) is 13.3. The van der Waals surface area contributed by atoms with Crippen LogP contribution in [0, 0.1) is 6.92 Å². The second-order valence-corrected chi connectivity index (χ2v) is 7.11. The number of rotatable bonds is 2. The van der Waals surface area contributed by atoms with Crippen LogP contribution in [-0.4, -0.2) is 4.98 Å². The predicted molar refractivity (Wildman–Crippen MR) is 68.9 cm³/mol. The molecule has 0 bridgehead atoms. The highest BCUT2D eigenvalue weighted by atomic mass is 32.1. The average molecular weight is 225 g/mol. The molecule has 0 aromatic carbocycles. The van der Waals surface area contributed by atoms with Crippen molar-refractivity contribution in [2.24, 2.45) is 0 Å². The highest BCUT2D eigenvalue weighted by molar-refractivity contribution is 7.11. The van der Waals surface area contributed by atoms with E-state index in [-0.39, 0.29) is 10.8 Å². The Hall–Kier alpha value is -0.370. The summed E-state index contributed by atoms with van der Waals surface area (Å²) in [7, 11) is 0. The van der Waals surface area contributed by atoms with Crippen LogP contribution in [0.25, 0.3) is 0 Å². The van der Waals surface area contributed by atoms with Crippen molar-refractivity contribution in [3.8, 4) is 0 Å². The molecule has 0 aliphatic rings. The van der Waals surface area contributed by atoms with E-state index in [0.29, 0.717) is 0 Å². The Bertz CT molecular complexity index is 342. The summed E-state index contributed by atoms with van der Waals surface area (Å²) in [5, 5.41) is 1.26. The van der Waals surface area contributed by atoms with Crippen molar-refractivity contribution in [3.05, 3.63) is 15.6 Å². The van der Waals surface area contributed by atoms with Gasteiger partial charge >= 0.3 is 0 Å². The van der Waals surface area contributed by atoms with Gasteiger partial charge < -0.3 is 0 Å². The van der Waals surface area contributed by atoms with Gasteiger partial charge in [-0.05, 0) is 13.3 Å². The first kappa shape index (κ1) is 12.7. The van der Waals surface area contributed by atoms with E-state index in [0.717, 1.165) is 6.42 Å². The minimum Gasteiger partial charge on any atom is -0.245 e. The van der Waals surface area contributed by atoms with Crippen LogP contribution in [0.4, 0.5) is 0 Å². The summed E-state index contributed by atoms with van der Waals surface area (Å²) < 4.78 is 0.